The van der Waals surface area contributed by atoms with Crippen molar-refractivity contribution >= 4 is 33.1 Å². The van der Waals surface area contributed by atoms with E-state index in [0.29, 0.717) is 5.69 Å². The van der Waals surface area contributed by atoms with Crippen LogP contribution in [0.2, 0.25) is 0 Å². The molecule has 0 spiro atoms. The third kappa shape index (κ3) is 2.60. The molecule has 0 saturated heterocycles. The molecule has 0 bridgehead atoms. The molecule has 0 aliphatic carbocycles. The molecule has 21 heavy (non-hydrogen) atoms. The van der Waals surface area contributed by atoms with Gasteiger partial charge in [-0.1, -0.05) is 15.9 Å². The van der Waals surface area contributed by atoms with Crippen LogP contribution in [0, 0.1) is 10.1 Å². The summed E-state index contributed by atoms with van der Waals surface area (Å²) < 4.78 is 5.86. The first kappa shape index (κ1) is 13.2. The van der Waals surface area contributed by atoms with E-state index in [4.69, 9.17) is 4.42 Å². The number of hydrogen-bond donors (Lipinski definition) is 2. The van der Waals surface area contributed by atoms with Crippen LogP contribution in [0.3, 0.4) is 0 Å². The highest BCUT2D eigenvalue weighted by Gasteiger charge is 2.28. The lowest BCUT2D eigenvalue weighted by Crippen LogP contribution is -1.96. The minimum absolute atomic E-state index is 0.00180. The molecule has 2 heterocycles. The summed E-state index contributed by atoms with van der Waals surface area (Å²) in [5, 5.41) is 27.7. The van der Waals surface area contributed by atoms with Gasteiger partial charge in [-0.3, -0.25) is 15.2 Å². The highest BCUT2D eigenvalue weighted by molar-refractivity contribution is 9.10. The molecular formula is C11H7BrN6O3. The Morgan fingerprint density at radius 2 is 2.10 bits per heavy atom. The van der Waals surface area contributed by atoms with E-state index in [9.17, 15) is 10.1 Å². The Bertz CT molecular complexity index is 768. The third-order valence-electron chi connectivity index (χ3n) is 2.60. The molecule has 0 aliphatic rings. The predicted molar refractivity (Wildman–Crippen MR) is 76.0 cm³/mol. The van der Waals surface area contributed by atoms with Gasteiger partial charge >= 0.3 is 5.69 Å². The van der Waals surface area contributed by atoms with Crippen LogP contribution in [-0.4, -0.2) is 25.3 Å². The van der Waals surface area contributed by atoms with Gasteiger partial charge in [-0.2, -0.15) is 0 Å². The first-order valence-electron chi connectivity index (χ1n) is 5.67. The van der Waals surface area contributed by atoms with Crippen molar-refractivity contribution in [3.63, 3.8) is 0 Å². The zero-order chi connectivity index (χ0) is 14.8. The molecule has 0 radical (unpaired) electrons. The Labute approximate surface area is 125 Å². The van der Waals surface area contributed by atoms with Crippen LogP contribution in [-0.2, 0) is 0 Å². The van der Waals surface area contributed by atoms with Gasteiger partial charge in [0.25, 0.3) is 5.89 Å². The number of nitrogens with zero attached hydrogens (tertiary/aromatic N) is 4. The van der Waals surface area contributed by atoms with Crippen molar-refractivity contribution in [3.8, 4) is 11.6 Å². The van der Waals surface area contributed by atoms with Crippen LogP contribution in [0.25, 0.3) is 11.6 Å². The monoisotopic (exact) mass is 350 g/mol. The van der Waals surface area contributed by atoms with E-state index in [2.05, 4.69) is 41.6 Å². The molecule has 0 saturated carbocycles. The third-order valence-corrected chi connectivity index (χ3v) is 3.13. The number of aromatic nitrogens is 4. The number of nitrogens with one attached hydrogen (secondary N) is 2. The van der Waals surface area contributed by atoms with Gasteiger partial charge in [-0.05, 0) is 24.3 Å². The Morgan fingerprint density at radius 1 is 1.33 bits per heavy atom. The second-order valence-electron chi connectivity index (χ2n) is 3.93. The summed E-state index contributed by atoms with van der Waals surface area (Å²) in [5.74, 6) is 0.0635. The lowest BCUT2D eigenvalue weighted by atomic mass is 10.3. The maximum absolute atomic E-state index is 11.3. The highest BCUT2D eigenvalue weighted by Crippen LogP contribution is 2.34. The molecule has 2 N–H and O–H groups in total. The number of nitro groups is 1. The molecule has 106 valence electrons. The molecule has 0 fully saturated rings. The summed E-state index contributed by atoms with van der Waals surface area (Å²) in [6, 6.07) is 7.13. The van der Waals surface area contributed by atoms with Crippen molar-refractivity contribution < 1.29 is 9.34 Å². The summed E-state index contributed by atoms with van der Waals surface area (Å²) in [6.07, 6.45) is 1.09. The molecule has 0 amide bonds. The van der Waals surface area contributed by atoms with Crippen molar-refractivity contribution in [2.45, 2.75) is 0 Å². The van der Waals surface area contributed by atoms with Gasteiger partial charge in [0.15, 0.2) is 0 Å². The van der Waals surface area contributed by atoms with Gasteiger partial charge in [0.2, 0.25) is 17.9 Å². The summed E-state index contributed by atoms with van der Waals surface area (Å²) in [5.41, 5.74) is 0.448. The average Bonchev–Trinajstić information content (AvgIpc) is 3.10. The van der Waals surface area contributed by atoms with Crippen molar-refractivity contribution in [2.75, 3.05) is 5.32 Å². The number of hydrogen-bond acceptors (Lipinski definition) is 7. The number of rotatable bonds is 4. The summed E-state index contributed by atoms with van der Waals surface area (Å²) in [7, 11) is 0. The van der Waals surface area contributed by atoms with E-state index in [1.807, 2.05) is 0 Å². The Hall–Kier alpha value is -2.75. The fraction of sp³-hybridized carbons (Fsp3) is 0. The van der Waals surface area contributed by atoms with E-state index in [0.717, 1.165) is 10.9 Å². The van der Waals surface area contributed by atoms with Crippen molar-refractivity contribution in [2.24, 2.45) is 0 Å². The fourth-order valence-corrected chi connectivity index (χ4v) is 1.97. The summed E-state index contributed by atoms with van der Waals surface area (Å²) in [4.78, 5) is 10.7. The van der Waals surface area contributed by atoms with Crippen molar-refractivity contribution in [1.29, 1.82) is 0 Å². The van der Waals surface area contributed by atoms with Crippen molar-refractivity contribution in [1.82, 2.24) is 20.4 Å². The molecule has 2 aromatic heterocycles. The van der Waals surface area contributed by atoms with E-state index in [-0.39, 0.29) is 23.1 Å². The molecule has 0 atom stereocenters. The number of anilines is 2. The first-order chi connectivity index (χ1) is 10.1. The van der Waals surface area contributed by atoms with Gasteiger partial charge in [0, 0.05) is 10.2 Å². The zero-order valence-electron chi connectivity index (χ0n) is 10.3. The Balaban J connectivity index is 1.99. The smallest absolute Gasteiger partial charge is 0.343 e. The topological polar surface area (TPSA) is 123 Å². The molecular weight excluding hydrogens is 344 g/mol. The number of H-pyrrole nitrogens is 1. The summed E-state index contributed by atoms with van der Waals surface area (Å²) in [6.45, 7) is 0. The van der Waals surface area contributed by atoms with Crippen LogP contribution in [0.1, 0.15) is 0 Å². The molecule has 0 unspecified atom stereocenters. The molecule has 3 aromatic rings. The summed E-state index contributed by atoms with van der Waals surface area (Å²) >= 11 is 3.31. The minimum atomic E-state index is -0.565. The normalized spacial score (nSPS) is 10.5. The van der Waals surface area contributed by atoms with Gasteiger partial charge in [-0.15, -0.1) is 15.3 Å². The van der Waals surface area contributed by atoms with Crippen molar-refractivity contribution in [3.05, 3.63) is 45.2 Å². The number of benzene rings is 1. The lowest BCUT2D eigenvalue weighted by Gasteiger charge is -2.02. The highest BCUT2D eigenvalue weighted by atomic mass is 79.9. The lowest BCUT2D eigenvalue weighted by molar-refractivity contribution is -0.383. The second-order valence-corrected chi connectivity index (χ2v) is 4.84. The van der Waals surface area contributed by atoms with Crippen LogP contribution in [0.5, 0.6) is 0 Å². The molecule has 9 nitrogen and oxygen atoms in total. The van der Waals surface area contributed by atoms with Crippen LogP contribution >= 0.6 is 15.9 Å². The maximum atomic E-state index is 11.3. The molecule has 3 rings (SSSR count). The van der Waals surface area contributed by atoms with E-state index >= 15 is 0 Å². The Morgan fingerprint density at radius 3 is 2.71 bits per heavy atom. The average molecular weight is 351 g/mol. The van der Waals surface area contributed by atoms with E-state index < -0.39 is 4.92 Å². The van der Waals surface area contributed by atoms with Gasteiger partial charge in [0.05, 0.1) is 4.92 Å². The van der Waals surface area contributed by atoms with Gasteiger partial charge in [0.1, 0.15) is 0 Å². The number of aromatic amines is 1. The molecule has 1 aromatic carbocycles. The van der Waals surface area contributed by atoms with Crippen LogP contribution in [0.15, 0.2) is 39.5 Å². The fourth-order valence-electron chi connectivity index (χ4n) is 1.70. The van der Waals surface area contributed by atoms with E-state index in [1.54, 1.807) is 24.3 Å². The predicted octanol–water partition coefficient (Wildman–Crippen LogP) is 2.87. The SMILES string of the molecule is O=[N+]([O-])c1c(Nc2ccc(Br)cc2)n[nH]c1-c1nnco1. The minimum Gasteiger partial charge on any atom is -0.422 e. The van der Waals surface area contributed by atoms with E-state index in [1.165, 1.54) is 0 Å². The quantitative estimate of drug-likeness (QED) is 0.547. The standard InChI is InChI=1S/C11H7BrN6O3/c12-6-1-3-7(4-2-6)14-10-9(18(19)20)8(15-16-10)11-17-13-5-21-11/h1-5H,(H2,14,15,16). The maximum Gasteiger partial charge on any atom is 0.343 e. The molecule has 0 aliphatic heterocycles. The zero-order valence-corrected chi connectivity index (χ0v) is 11.9. The van der Waals surface area contributed by atoms with Crippen LogP contribution in [0.4, 0.5) is 17.2 Å². The number of halogens is 1. The Kier molecular flexibility index (Phi) is 3.36. The first-order valence-corrected chi connectivity index (χ1v) is 6.46. The largest absolute Gasteiger partial charge is 0.422 e. The van der Waals surface area contributed by atoms with Crippen LogP contribution < -0.4 is 5.32 Å². The van der Waals surface area contributed by atoms with Gasteiger partial charge < -0.3 is 9.73 Å². The second kappa shape index (κ2) is 5.32. The molecule has 10 heteroatoms. The van der Waals surface area contributed by atoms with Gasteiger partial charge in [-0.25, -0.2) is 0 Å².